The van der Waals surface area contributed by atoms with Crippen molar-refractivity contribution in [1.29, 1.82) is 0 Å². The average molecular weight is 181 g/mol. The van der Waals surface area contributed by atoms with Crippen LogP contribution in [-0.2, 0) is 11.3 Å². The molecular weight excluding hydrogens is 166 g/mol. The Labute approximate surface area is 77.7 Å². The number of H-pyrrole nitrogens is 1. The van der Waals surface area contributed by atoms with Crippen molar-refractivity contribution >= 4 is 5.91 Å². The summed E-state index contributed by atoms with van der Waals surface area (Å²) in [6.07, 6.45) is 2.54. The van der Waals surface area contributed by atoms with Gasteiger partial charge in [0.1, 0.15) is 0 Å². The predicted octanol–water partition coefficient (Wildman–Crippen LogP) is 1.07. The summed E-state index contributed by atoms with van der Waals surface area (Å²) in [5.74, 6) is 0.181. The molecule has 0 aliphatic carbocycles. The number of nitrogens with one attached hydrogen (secondary N) is 2. The summed E-state index contributed by atoms with van der Waals surface area (Å²) < 4.78 is 0. The van der Waals surface area contributed by atoms with Gasteiger partial charge in [-0.2, -0.15) is 5.10 Å². The highest BCUT2D eigenvalue weighted by Gasteiger charge is 2.09. The second-order valence-electron chi connectivity index (χ2n) is 3.11. The number of nitrogens with zero attached hydrogens (tertiary/aromatic N) is 1. The molecule has 0 aromatic carbocycles. The fourth-order valence-corrected chi connectivity index (χ4v) is 0.925. The van der Waals surface area contributed by atoms with Crippen LogP contribution in [0.3, 0.4) is 0 Å². The minimum Gasteiger partial charge on any atom is -0.350 e. The first-order valence-electron chi connectivity index (χ1n) is 4.50. The van der Waals surface area contributed by atoms with Crippen molar-refractivity contribution < 1.29 is 4.79 Å². The van der Waals surface area contributed by atoms with E-state index in [-0.39, 0.29) is 11.8 Å². The zero-order valence-corrected chi connectivity index (χ0v) is 8.00. The van der Waals surface area contributed by atoms with Crippen LogP contribution < -0.4 is 5.32 Å². The van der Waals surface area contributed by atoms with Crippen LogP contribution in [0.4, 0.5) is 0 Å². The number of hydrogen-bond donors (Lipinski definition) is 2. The first-order chi connectivity index (χ1) is 6.24. The van der Waals surface area contributed by atoms with Gasteiger partial charge in [0, 0.05) is 12.1 Å². The molecule has 0 saturated carbocycles. The van der Waals surface area contributed by atoms with E-state index in [0.717, 1.165) is 12.1 Å². The van der Waals surface area contributed by atoms with Crippen LogP contribution in [0.5, 0.6) is 0 Å². The molecule has 0 radical (unpaired) electrons. The molecule has 1 rings (SSSR count). The third-order valence-corrected chi connectivity index (χ3v) is 2.07. The Morgan fingerprint density at radius 1 is 1.77 bits per heavy atom. The Morgan fingerprint density at radius 3 is 3.08 bits per heavy atom. The largest absolute Gasteiger partial charge is 0.350 e. The van der Waals surface area contributed by atoms with Crippen LogP contribution in [0.25, 0.3) is 0 Å². The number of carbonyl (C=O) groups is 1. The van der Waals surface area contributed by atoms with E-state index >= 15 is 0 Å². The van der Waals surface area contributed by atoms with Gasteiger partial charge < -0.3 is 5.32 Å². The summed E-state index contributed by atoms with van der Waals surface area (Å²) in [6, 6.07) is 1.84. The van der Waals surface area contributed by atoms with Gasteiger partial charge in [0.2, 0.25) is 5.91 Å². The van der Waals surface area contributed by atoms with Crippen LogP contribution >= 0.6 is 0 Å². The number of aromatic nitrogens is 2. The standard InChI is InChI=1S/C9H15N3O/c1-3-7(2)9(13)10-6-8-4-5-11-12-8/h4-5,7H,3,6H2,1-2H3,(H,10,13)(H,11,12). The van der Waals surface area contributed by atoms with Gasteiger partial charge >= 0.3 is 0 Å². The molecule has 1 heterocycles. The van der Waals surface area contributed by atoms with E-state index in [4.69, 9.17) is 0 Å². The van der Waals surface area contributed by atoms with Crippen molar-refractivity contribution in [1.82, 2.24) is 15.5 Å². The van der Waals surface area contributed by atoms with Gasteiger partial charge in [-0.15, -0.1) is 0 Å². The molecule has 1 aromatic rings. The zero-order valence-electron chi connectivity index (χ0n) is 8.00. The smallest absolute Gasteiger partial charge is 0.223 e. The first kappa shape index (κ1) is 9.77. The molecule has 0 spiro atoms. The number of hydrogen-bond acceptors (Lipinski definition) is 2. The molecule has 72 valence electrons. The van der Waals surface area contributed by atoms with Gasteiger partial charge in [-0.05, 0) is 12.5 Å². The van der Waals surface area contributed by atoms with E-state index in [1.165, 1.54) is 0 Å². The second-order valence-corrected chi connectivity index (χ2v) is 3.11. The fourth-order valence-electron chi connectivity index (χ4n) is 0.925. The normalized spacial score (nSPS) is 12.5. The Balaban J connectivity index is 2.31. The molecule has 0 bridgehead atoms. The highest BCUT2D eigenvalue weighted by Crippen LogP contribution is 2.00. The zero-order chi connectivity index (χ0) is 9.68. The van der Waals surface area contributed by atoms with Crippen LogP contribution in [0.2, 0.25) is 0 Å². The Morgan fingerprint density at radius 2 is 2.54 bits per heavy atom. The SMILES string of the molecule is CCC(C)C(=O)NCc1ccn[nH]1. The summed E-state index contributed by atoms with van der Waals surface area (Å²) >= 11 is 0. The minimum absolute atomic E-state index is 0.0860. The van der Waals surface area contributed by atoms with Crippen LogP contribution in [0, 0.1) is 5.92 Å². The lowest BCUT2D eigenvalue weighted by Crippen LogP contribution is -2.28. The maximum atomic E-state index is 11.3. The molecule has 4 nitrogen and oxygen atoms in total. The van der Waals surface area contributed by atoms with E-state index in [2.05, 4.69) is 15.5 Å². The average Bonchev–Trinajstić information content (AvgIpc) is 2.65. The van der Waals surface area contributed by atoms with E-state index in [0.29, 0.717) is 6.54 Å². The molecule has 1 amide bonds. The van der Waals surface area contributed by atoms with Gasteiger partial charge in [-0.1, -0.05) is 13.8 Å². The lowest BCUT2D eigenvalue weighted by atomic mass is 10.1. The first-order valence-corrected chi connectivity index (χ1v) is 4.50. The summed E-state index contributed by atoms with van der Waals surface area (Å²) in [7, 11) is 0. The summed E-state index contributed by atoms with van der Waals surface area (Å²) in [5.41, 5.74) is 0.927. The summed E-state index contributed by atoms with van der Waals surface area (Å²) in [5, 5.41) is 9.40. The maximum absolute atomic E-state index is 11.3. The molecule has 13 heavy (non-hydrogen) atoms. The maximum Gasteiger partial charge on any atom is 0.223 e. The topological polar surface area (TPSA) is 57.8 Å². The molecule has 1 aromatic heterocycles. The van der Waals surface area contributed by atoms with Crippen molar-refractivity contribution in [2.24, 2.45) is 5.92 Å². The quantitative estimate of drug-likeness (QED) is 0.730. The van der Waals surface area contributed by atoms with E-state index in [9.17, 15) is 4.79 Å². The van der Waals surface area contributed by atoms with Gasteiger partial charge in [0.05, 0.1) is 12.2 Å². The summed E-state index contributed by atoms with van der Waals surface area (Å²) in [6.45, 7) is 4.45. The van der Waals surface area contributed by atoms with Gasteiger partial charge in [-0.25, -0.2) is 0 Å². The molecule has 0 saturated heterocycles. The minimum atomic E-state index is 0.0860. The number of amides is 1. The lowest BCUT2D eigenvalue weighted by molar-refractivity contribution is -0.124. The van der Waals surface area contributed by atoms with E-state index < -0.39 is 0 Å². The Kier molecular flexibility index (Phi) is 3.49. The van der Waals surface area contributed by atoms with E-state index in [1.54, 1.807) is 6.20 Å². The molecule has 0 aliphatic rings. The molecule has 0 fully saturated rings. The van der Waals surface area contributed by atoms with Crippen molar-refractivity contribution in [3.8, 4) is 0 Å². The van der Waals surface area contributed by atoms with Crippen molar-refractivity contribution in [3.63, 3.8) is 0 Å². The second kappa shape index (κ2) is 4.64. The van der Waals surface area contributed by atoms with Crippen LogP contribution in [0.15, 0.2) is 12.3 Å². The molecule has 2 N–H and O–H groups in total. The lowest BCUT2D eigenvalue weighted by Gasteiger charge is -2.08. The molecular formula is C9H15N3O. The Hall–Kier alpha value is -1.32. The number of carbonyl (C=O) groups excluding carboxylic acids is 1. The van der Waals surface area contributed by atoms with Gasteiger partial charge in [0.25, 0.3) is 0 Å². The number of aromatic amines is 1. The predicted molar refractivity (Wildman–Crippen MR) is 49.9 cm³/mol. The fraction of sp³-hybridized carbons (Fsp3) is 0.556. The third kappa shape index (κ3) is 2.89. The van der Waals surface area contributed by atoms with Crippen LogP contribution in [0.1, 0.15) is 26.0 Å². The van der Waals surface area contributed by atoms with E-state index in [1.807, 2.05) is 19.9 Å². The monoisotopic (exact) mass is 181 g/mol. The molecule has 1 unspecified atom stereocenters. The van der Waals surface area contributed by atoms with Crippen molar-refractivity contribution in [2.45, 2.75) is 26.8 Å². The molecule has 1 atom stereocenters. The molecule has 0 aliphatic heterocycles. The third-order valence-electron chi connectivity index (χ3n) is 2.07. The number of rotatable bonds is 4. The van der Waals surface area contributed by atoms with Crippen molar-refractivity contribution in [2.75, 3.05) is 0 Å². The van der Waals surface area contributed by atoms with Gasteiger partial charge in [0.15, 0.2) is 0 Å². The van der Waals surface area contributed by atoms with Crippen molar-refractivity contribution in [3.05, 3.63) is 18.0 Å². The van der Waals surface area contributed by atoms with Crippen LogP contribution in [-0.4, -0.2) is 16.1 Å². The molecule has 4 heteroatoms. The Bertz CT molecular complexity index is 256. The summed E-state index contributed by atoms with van der Waals surface area (Å²) in [4.78, 5) is 11.3. The highest BCUT2D eigenvalue weighted by molar-refractivity contribution is 5.78. The highest BCUT2D eigenvalue weighted by atomic mass is 16.1. The van der Waals surface area contributed by atoms with Gasteiger partial charge in [-0.3, -0.25) is 9.89 Å².